The Morgan fingerprint density at radius 3 is 2.59 bits per heavy atom. The van der Waals surface area contributed by atoms with Crippen LogP contribution in [0.25, 0.3) is 22.6 Å². The molecule has 0 saturated carbocycles. The molecule has 0 saturated heterocycles. The van der Waals surface area contributed by atoms with Crippen LogP contribution < -0.4 is 17.1 Å². The van der Waals surface area contributed by atoms with Crippen molar-refractivity contribution >= 4 is 40.1 Å². The van der Waals surface area contributed by atoms with Gasteiger partial charge in [0.2, 0.25) is 5.89 Å². The predicted molar refractivity (Wildman–Crippen MR) is 87.5 cm³/mol. The summed E-state index contributed by atoms with van der Waals surface area (Å²) < 4.78 is 5.71. The van der Waals surface area contributed by atoms with E-state index in [4.69, 9.17) is 39.2 Å². The zero-order valence-electron chi connectivity index (χ0n) is 11.2. The molecule has 112 valence electrons. The summed E-state index contributed by atoms with van der Waals surface area (Å²) in [6.45, 7) is 0. The molecule has 0 spiro atoms. The lowest BCUT2D eigenvalue weighted by Gasteiger charge is -2.01. The molecule has 0 unspecified atom stereocenters. The highest BCUT2D eigenvalue weighted by Crippen LogP contribution is 2.35. The van der Waals surface area contributed by atoms with Gasteiger partial charge in [0.25, 0.3) is 0 Å². The lowest BCUT2D eigenvalue weighted by atomic mass is 10.2. The number of nitrogens with one attached hydrogen (secondary N) is 1. The molecule has 5 N–H and O–H groups in total. The molecule has 0 aliphatic carbocycles. The van der Waals surface area contributed by atoms with E-state index in [-0.39, 0.29) is 5.84 Å². The number of benzene rings is 2. The maximum atomic E-state index is 6.17. The number of hydrogen-bond donors (Lipinski definition) is 3. The van der Waals surface area contributed by atoms with E-state index in [1.807, 2.05) is 0 Å². The van der Waals surface area contributed by atoms with Crippen LogP contribution in [0.2, 0.25) is 10.0 Å². The Kier molecular flexibility index (Phi) is 3.89. The maximum Gasteiger partial charge on any atom is 0.230 e. The molecule has 8 heteroatoms. The van der Waals surface area contributed by atoms with Crippen molar-refractivity contribution in [3.8, 4) is 11.5 Å². The van der Waals surface area contributed by atoms with E-state index >= 15 is 0 Å². The summed E-state index contributed by atoms with van der Waals surface area (Å²) in [6.07, 6.45) is 0. The Hall–Kier alpha value is -2.28. The molecular formula is C14H11Cl2N5O. The molecule has 1 aromatic heterocycles. The first-order valence-electron chi connectivity index (χ1n) is 6.24. The monoisotopic (exact) mass is 335 g/mol. The fourth-order valence-corrected chi connectivity index (χ4v) is 2.59. The van der Waals surface area contributed by atoms with E-state index in [2.05, 4.69) is 15.6 Å². The third-order valence-electron chi connectivity index (χ3n) is 3.04. The number of amidine groups is 1. The van der Waals surface area contributed by atoms with Crippen molar-refractivity contribution in [2.75, 3.05) is 0 Å². The van der Waals surface area contributed by atoms with Crippen LogP contribution in [-0.2, 0) is 0 Å². The van der Waals surface area contributed by atoms with E-state index < -0.39 is 0 Å². The molecule has 3 rings (SSSR count). The minimum Gasteiger partial charge on any atom is -0.436 e. The van der Waals surface area contributed by atoms with Crippen LogP contribution in [0, 0.1) is 0 Å². The van der Waals surface area contributed by atoms with E-state index in [1.165, 1.54) is 0 Å². The summed E-state index contributed by atoms with van der Waals surface area (Å²) in [7, 11) is 0. The molecule has 0 aliphatic heterocycles. The minimum absolute atomic E-state index is 0.240. The van der Waals surface area contributed by atoms with Crippen molar-refractivity contribution in [3.05, 3.63) is 52.0 Å². The van der Waals surface area contributed by atoms with Crippen LogP contribution >= 0.6 is 23.2 Å². The fraction of sp³-hybridized carbons (Fsp3) is 0. The van der Waals surface area contributed by atoms with Crippen molar-refractivity contribution in [3.63, 3.8) is 0 Å². The van der Waals surface area contributed by atoms with Crippen LogP contribution in [0.3, 0.4) is 0 Å². The number of rotatable bonds is 3. The molecular weight excluding hydrogens is 325 g/mol. The second kappa shape index (κ2) is 5.84. The smallest absolute Gasteiger partial charge is 0.230 e. The molecule has 22 heavy (non-hydrogen) atoms. The number of aromatic nitrogens is 1. The maximum absolute atomic E-state index is 6.17. The van der Waals surface area contributed by atoms with Gasteiger partial charge in [-0.2, -0.15) is 0 Å². The number of nitrogens with two attached hydrogens (primary N) is 2. The van der Waals surface area contributed by atoms with Gasteiger partial charge in [0.1, 0.15) is 5.52 Å². The Morgan fingerprint density at radius 1 is 1.18 bits per heavy atom. The average molecular weight is 336 g/mol. The standard InChI is InChI=1S/C14H11Cl2N5O/c15-8-2-1-3-9(16)12(8)14-19-10-6-7(13(17)20-21-18)4-5-11(10)22-14/h1-6,21H,18H2,(H2,17,20). The molecule has 2 aromatic carbocycles. The van der Waals surface area contributed by atoms with E-state index in [9.17, 15) is 0 Å². The first-order valence-corrected chi connectivity index (χ1v) is 7.00. The van der Waals surface area contributed by atoms with Crippen molar-refractivity contribution in [2.45, 2.75) is 0 Å². The van der Waals surface area contributed by atoms with Crippen molar-refractivity contribution in [2.24, 2.45) is 16.7 Å². The van der Waals surface area contributed by atoms with Gasteiger partial charge in [-0.15, -0.1) is 5.10 Å². The van der Waals surface area contributed by atoms with Crippen LogP contribution in [0.1, 0.15) is 5.56 Å². The summed E-state index contributed by atoms with van der Waals surface area (Å²) in [5.74, 6) is 5.70. The second-order valence-electron chi connectivity index (χ2n) is 4.42. The molecule has 3 aromatic rings. The van der Waals surface area contributed by atoms with Gasteiger partial charge >= 0.3 is 0 Å². The summed E-state index contributed by atoms with van der Waals surface area (Å²) in [6, 6.07) is 10.4. The topological polar surface area (TPSA) is 102 Å². The lowest BCUT2D eigenvalue weighted by molar-refractivity contribution is 0.620. The third-order valence-corrected chi connectivity index (χ3v) is 3.67. The van der Waals surface area contributed by atoms with Gasteiger partial charge in [-0.3, -0.25) is 0 Å². The first-order chi connectivity index (χ1) is 10.6. The van der Waals surface area contributed by atoms with Gasteiger partial charge in [-0.05, 0) is 30.3 Å². The van der Waals surface area contributed by atoms with E-state index in [0.29, 0.717) is 38.2 Å². The number of hydrazone groups is 1. The number of hydrogen-bond acceptors (Lipinski definition) is 5. The molecule has 0 aliphatic rings. The second-order valence-corrected chi connectivity index (χ2v) is 5.24. The largest absolute Gasteiger partial charge is 0.436 e. The van der Waals surface area contributed by atoms with Gasteiger partial charge < -0.3 is 10.2 Å². The summed E-state index contributed by atoms with van der Waals surface area (Å²) in [5, 5.41) is 4.65. The van der Waals surface area contributed by atoms with Crippen molar-refractivity contribution in [1.82, 2.24) is 10.5 Å². The van der Waals surface area contributed by atoms with Crippen LogP contribution in [0.15, 0.2) is 45.9 Å². The number of fused-ring (bicyclic) bond motifs is 1. The Balaban J connectivity index is 2.13. The molecule has 1 heterocycles. The Bertz CT molecular complexity index is 855. The average Bonchev–Trinajstić information content (AvgIpc) is 2.89. The van der Waals surface area contributed by atoms with Crippen LogP contribution in [-0.4, -0.2) is 10.8 Å². The molecule has 0 radical (unpaired) electrons. The summed E-state index contributed by atoms with van der Waals surface area (Å²) in [4.78, 5) is 4.41. The zero-order chi connectivity index (χ0) is 15.7. The third kappa shape index (κ3) is 2.59. The molecule has 0 amide bonds. The highest BCUT2D eigenvalue weighted by atomic mass is 35.5. The number of oxazole rings is 1. The summed E-state index contributed by atoms with van der Waals surface area (Å²) in [5.41, 5.74) is 10.3. The molecule has 6 nitrogen and oxygen atoms in total. The fourth-order valence-electron chi connectivity index (χ4n) is 2.03. The first kappa shape index (κ1) is 14.6. The van der Waals surface area contributed by atoms with Gasteiger partial charge in [0.15, 0.2) is 11.4 Å². The highest BCUT2D eigenvalue weighted by Gasteiger charge is 2.15. The van der Waals surface area contributed by atoms with Gasteiger partial charge in [0.05, 0.1) is 15.6 Å². The molecule has 0 fully saturated rings. The predicted octanol–water partition coefficient (Wildman–Crippen LogP) is 2.89. The Morgan fingerprint density at radius 2 is 1.91 bits per heavy atom. The lowest BCUT2D eigenvalue weighted by Crippen LogP contribution is -2.22. The summed E-state index contributed by atoms with van der Waals surface area (Å²) >= 11 is 12.3. The van der Waals surface area contributed by atoms with Gasteiger partial charge in [-0.1, -0.05) is 29.3 Å². The van der Waals surface area contributed by atoms with E-state index in [1.54, 1.807) is 36.4 Å². The number of halogens is 2. The number of hydrazine groups is 1. The molecule has 0 atom stereocenters. The minimum atomic E-state index is 0.240. The van der Waals surface area contributed by atoms with E-state index in [0.717, 1.165) is 0 Å². The SMILES string of the molecule is NN/N=C(\N)c1ccc2oc(-c3c(Cl)cccc3Cl)nc2c1. The highest BCUT2D eigenvalue weighted by molar-refractivity contribution is 6.38. The van der Waals surface area contributed by atoms with Crippen molar-refractivity contribution in [1.29, 1.82) is 0 Å². The quantitative estimate of drug-likeness (QED) is 0.295. The normalized spacial score (nSPS) is 11.9. The number of nitrogens with zero attached hydrogens (tertiary/aromatic N) is 2. The van der Waals surface area contributed by atoms with Crippen LogP contribution in [0.5, 0.6) is 0 Å². The molecule has 0 bridgehead atoms. The Labute approximate surface area is 135 Å². The zero-order valence-corrected chi connectivity index (χ0v) is 12.7. The van der Waals surface area contributed by atoms with Gasteiger partial charge in [-0.25, -0.2) is 16.4 Å². The van der Waals surface area contributed by atoms with Gasteiger partial charge in [0, 0.05) is 5.56 Å². The van der Waals surface area contributed by atoms with Crippen LogP contribution in [0.4, 0.5) is 0 Å². The van der Waals surface area contributed by atoms with Crippen molar-refractivity contribution < 1.29 is 4.42 Å².